The van der Waals surface area contributed by atoms with Gasteiger partial charge in [0.1, 0.15) is 11.6 Å². The summed E-state index contributed by atoms with van der Waals surface area (Å²) in [5, 5.41) is 11.7. The van der Waals surface area contributed by atoms with E-state index < -0.39 is 55.0 Å². The Hall–Kier alpha value is -2.52. The van der Waals surface area contributed by atoms with E-state index in [-0.39, 0.29) is 5.75 Å². The number of aliphatic carboxylic acids is 1. The molecule has 0 spiro atoms. The average Bonchev–Trinajstić information content (AvgIpc) is 2.95. The monoisotopic (exact) mass is 390 g/mol. The SMILES string of the molecule is O=C(O)[C@@H]1CN(C(=O)NC2CCCOc3cc(F)ccc32)C[C@H]1C(F)(F)F. The maximum Gasteiger partial charge on any atom is 0.394 e. The number of halogens is 4. The van der Waals surface area contributed by atoms with Gasteiger partial charge in [-0.2, -0.15) is 13.2 Å². The van der Waals surface area contributed by atoms with Gasteiger partial charge >= 0.3 is 18.2 Å². The van der Waals surface area contributed by atoms with Crippen LogP contribution in [-0.4, -0.2) is 47.9 Å². The molecule has 3 atom stereocenters. The lowest BCUT2D eigenvalue weighted by Gasteiger charge is -2.23. The van der Waals surface area contributed by atoms with Crippen LogP contribution in [0, 0.1) is 17.7 Å². The van der Waals surface area contributed by atoms with Crippen molar-refractivity contribution in [3.05, 3.63) is 29.6 Å². The maximum absolute atomic E-state index is 13.4. The second-order valence-corrected chi connectivity index (χ2v) is 6.67. The van der Waals surface area contributed by atoms with E-state index in [1.54, 1.807) is 0 Å². The number of carbonyl (C=O) groups is 2. The Morgan fingerprint density at radius 3 is 2.63 bits per heavy atom. The molecule has 2 heterocycles. The molecule has 0 saturated carbocycles. The number of carbonyl (C=O) groups excluding carboxylic acids is 1. The number of nitrogens with zero attached hydrogens (tertiary/aromatic N) is 1. The van der Waals surface area contributed by atoms with E-state index in [1.165, 1.54) is 18.2 Å². The van der Waals surface area contributed by atoms with Gasteiger partial charge in [0, 0.05) is 24.7 Å². The highest BCUT2D eigenvalue weighted by molar-refractivity contribution is 5.78. The second-order valence-electron chi connectivity index (χ2n) is 6.67. The summed E-state index contributed by atoms with van der Waals surface area (Å²) in [7, 11) is 0. The quantitative estimate of drug-likeness (QED) is 0.761. The Morgan fingerprint density at radius 1 is 1.26 bits per heavy atom. The number of likely N-dealkylation sites (tertiary alicyclic amines) is 1. The molecule has 148 valence electrons. The molecule has 6 nitrogen and oxygen atoms in total. The molecule has 27 heavy (non-hydrogen) atoms. The van der Waals surface area contributed by atoms with Gasteiger partial charge < -0.3 is 20.1 Å². The average molecular weight is 390 g/mol. The zero-order valence-electron chi connectivity index (χ0n) is 14.1. The minimum atomic E-state index is -4.71. The van der Waals surface area contributed by atoms with Crippen molar-refractivity contribution in [1.29, 1.82) is 0 Å². The minimum Gasteiger partial charge on any atom is -0.493 e. The number of hydrogen-bond donors (Lipinski definition) is 2. The molecule has 1 aromatic carbocycles. The zero-order chi connectivity index (χ0) is 19.8. The molecule has 10 heteroatoms. The second kappa shape index (κ2) is 7.24. The van der Waals surface area contributed by atoms with E-state index in [1.807, 2.05) is 0 Å². The van der Waals surface area contributed by atoms with Crippen LogP contribution in [0.15, 0.2) is 18.2 Å². The molecule has 1 unspecified atom stereocenters. The number of urea groups is 1. The number of ether oxygens (including phenoxy) is 1. The third-order valence-corrected chi connectivity index (χ3v) is 4.89. The summed E-state index contributed by atoms with van der Waals surface area (Å²) in [4.78, 5) is 24.5. The van der Waals surface area contributed by atoms with Crippen molar-refractivity contribution in [2.75, 3.05) is 19.7 Å². The first kappa shape index (κ1) is 19.2. The van der Waals surface area contributed by atoms with Crippen LogP contribution >= 0.6 is 0 Å². The fourth-order valence-electron chi connectivity index (χ4n) is 3.49. The zero-order valence-corrected chi connectivity index (χ0v) is 14.1. The van der Waals surface area contributed by atoms with Crippen molar-refractivity contribution in [2.24, 2.45) is 11.8 Å². The Morgan fingerprint density at radius 2 is 2.00 bits per heavy atom. The highest BCUT2D eigenvalue weighted by Crippen LogP contribution is 2.38. The lowest BCUT2D eigenvalue weighted by atomic mass is 9.96. The van der Waals surface area contributed by atoms with Crippen molar-refractivity contribution < 1.29 is 37.0 Å². The number of amides is 2. The highest BCUT2D eigenvalue weighted by Gasteiger charge is 2.53. The van der Waals surface area contributed by atoms with Gasteiger partial charge in [-0.25, -0.2) is 9.18 Å². The number of fused-ring (bicyclic) bond motifs is 1. The molecule has 0 aromatic heterocycles. The molecule has 1 fully saturated rings. The normalized spacial score (nSPS) is 25.3. The highest BCUT2D eigenvalue weighted by atomic mass is 19.4. The Bertz CT molecular complexity index is 740. The fraction of sp³-hybridized carbons (Fsp3) is 0.529. The Labute approximate surface area is 152 Å². The Balaban J connectivity index is 1.75. The van der Waals surface area contributed by atoms with Gasteiger partial charge in [0.15, 0.2) is 0 Å². The lowest BCUT2D eigenvalue weighted by Crippen LogP contribution is -2.41. The van der Waals surface area contributed by atoms with E-state index in [9.17, 15) is 27.2 Å². The van der Waals surface area contributed by atoms with Crippen molar-refractivity contribution in [3.63, 3.8) is 0 Å². The van der Waals surface area contributed by atoms with Crippen LogP contribution in [-0.2, 0) is 4.79 Å². The van der Waals surface area contributed by atoms with Gasteiger partial charge in [0.2, 0.25) is 0 Å². The van der Waals surface area contributed by atoms with Gasteiger partial charge in [-0.05, 0) is 18.9 Å². The van der Waals surface area contributed by atoms with E-state index in [0.29, 0.717) is 25.0 Å². The van der Waals surface area contributed by atoms with Gasteiger partial charge in [0.05, 0.1) is 24.5 Å². The van der Waals surface area contributed by atoms with Gasteiger partial charge in [-0.15, -0.1) is 0 Å². The molecule has 2 N–H and O–H groups in total. The molecule has 0 bridgehead atoms. The largest absolute Gasteiger partial charge is 0.493 e. The third kappa shape index (κ3) is 4.09. The van der Waals surface area contributed by atoms with Gasteiger partial charge in [0.25, 0.3) is 0 Å². The van der Waals surface area contributed by atoms with Crippen molar-refractivity contribution >= 4 is 12.0 Å². The topological polar surface area (TPSA) is 78.9 Å². The van der Waals surface area contributed by atoms with Crippen molar-refractivity contribution in [3.8, 4) is 5.75 Å². The Kier molecular flexibility index (Phi) is 5.16. The number of alkyl halides is 3. The van der Waals surface area contributed by atoms with E-state index in [0.717, 1.165) is 4.90 Å². The van der Waals surface area contributed by atoms with Crippen LogP contribution in [0.1, 0.15) is 24.4 Å². The number of nitrogens with one attached hydrogen (secondary N) is 1. The molecule has 3 rings (SSSR count). The van der Waals surface area contributed by atoms with Crippen LogP contribution in [0.5, 0.6) is 5.75 Å². The molecule has 2 aliphatic heterocycles. The van der Waals surface area contributed by atoms with E-state index in [2.05, 4.69) is 5.32 Å². The van der Waals surface area contributed by atoms with Crippen LogP contribution in [0.25, 0.3) is 0 Å². The summed E-state index contributed by atoms with van der Waals surface area (Å²) in [5.41, 5.74) is 0.531. The first-order chi connectivity index (χ1) is 12.7. The lowest BCUT2D eigenvalue weighted by molar-refractivity contribution is -0.187. The minimum absolute atomic E-state index is 0.274. The summed E-state index contributed by atoms with van der Waals surface area (Å²) in [5.74, 6) is -5.63. The fourth-order valence-corrected chi connectivity index (χ4v) is 3.49. The number of hydrogen-bond acceptors (Lipinski definition) is 3. The molecule has 0 aliphatic carbocycles. The van der Waals surface area contributed by atoms with E-state index >= 15 is 0 Å². The predicted octanol–water partition coefficient (Wildman–Crippen LogP) is 2.94. The molecule has 1 saturated heterocycles. The molecular formula is C17H18F4N2O4. The van der Waals surface area contributed by atoms with Gasteiger partial charge in [-0.3, -0.25) is 4.79 Å². The van der Waals surface area contributed by atoms with Crippen molar-refractivity contribution in [1.82, 2.24) is 10.2 Å². The van der Waals surface area contributed by atoms with E-state index in [4.69, 9.17) is 9.84 Å². The smallest absolute Gasteiger partial charge is 0.394 e. The first-order valence-corrected chi connectivity index (χ1v) is 8.44. The summed E-state index contributed by atoms with van der Waals surface area (Å²) in [6.45, 7) is -0.916. The van der Waals surface area contributed by atoms with Crippen LogP contribution < -0.4 is 10.1 Å². The predicted molar refractivity (Wildman–Crippen MR) is 84.6 cm³/mol. The summed E-state index contributed by atoms with van der Waals surface area (Å²) >= 11 is 0. The summed E-state index contributed by atoms with van der Waals surface area (Å²) in [6, 6.07) is 2.51. The summed E-state index contributed by atoms with van der Waals surface area (Å²) < 4.78 is 58.1. The number of carboxylic acid groups (broad SMARTS) is 1. The van der Waals surface area contributed by atoms with Crippen molar-refractivity contribution in [2.45, 2.75) is 25.1 Å². The third-order valence-electron chi connectivity index (χ3n) is 4.89. The van der Waals surface area contributed by atoms with Crippen LogP contribution in [0.2, 0.25) is 0 Å². The van der Waals surface area contributed by atoms with Crippen LogP contribution in [0.4, 0.5) is 22.4 Å². The molecular weight excluding hydrogens is 372 g/mol. The number of benzene rings is 1. The molecule has 1 aromatic rings. The first-order valence-electron chi connectivity index (χ1n) is 8.44. The molecule has 2 aliphatic rings. The number of rotatable bonds is 2. The molecule has 0 radical (unpaired) electrons. The standard InChI is InChI=1S/C17H18F4N2O4/c18-9-3-4-10-13(2-1-5-27-14(10)6-9)22-16(26)23-7-11(15(24)25)12(8-23)17(19,20)21/h3-4,6,11-13H,1-2,5,7-8H2,(H,22,26)(H,24,25)/t11-,12-,13?/m1/s1. The van der Waals surface area contributed by atoms with Gasteiger partial charge in [-0.1, -0.05) is 6.07 Å². The maximum atomic E-state index is 13.4. The van der Waals surface area contributed by atoms with Crippen LogP contribution in [0.3, 0.4) is 0 Å². The number of carboxylic acids is 1. The summed E-state index contributed by atoms with van der Waals surface area (Å²) in [6.07, 6.45) is -3.69. The molecule has 2 amide bonds.